The molecule has 2 amide bonds. The number of nitrogens with two attached hydrogens (primary N) is 1. The second-order valence-corrected chi connectivity index (χ2v) is 11.0. The van der Waals surface area contributed by atoms with Gasteiger partial charge >= 0.3 is 6.03 Å². The van der Waals surface area contributed by atoms with E-state index in [0.29, 0.717) is 18.5 Å². The number of primary amides is 1. The lowest BCUT2D eigenvalue weighted by Crippen LogP contribution is -2.42. The Balaban J connectivity index is 1.43. The summed E-state index contributed by atoms with van der Waals surface area (Å²) in [5.74, 6) is 1.35. The Labute approximate surface area is 209 Å². The molecule has 0 radical (unpaired) electrons. The van der Waals surface area contributed by atoms with Gasteiger partial charge in [-0.1, -0.05) is 57.2 Å². The summed E-state index contributed by atoms with van der Waals surface area (Å²) in [5, 5.41) is 4.84. The van der Waals surface area contributed by atoms with Gasteiger partial charge in [0.1, 0.15) is 5.82 Å². The third kappa shape index (κ3) is 5.69. The number of pyridine rings is 1. The highest BCUT2D eigenvalue weighted by Gasteiger charge is 2.28. The van der Waals surface area contributed by atoms with Crippen LogP contribution in [0.15, 0.2) is 54.6 Å². The van der Waals surface area contributed by atoms with Crippen molar-refractivity contribution in [2.45, 2.75) is 57.9 Å². The van der Waals surface area contributed by atoms with E-state index in [1.165, 1.54) is 5.69 Å². The summed E-state index contributed by atoms with van der Waals surface area (Å²) in [6.07, 6.45) is 4.19. The van der Waals surface area contributed by atoms with Gasteiger partial charge in [-0.3, -0.25) is 4.90 Å². The smallest absolute Gasteiger partial charge is 0.319 e. The summed E-state index contributed by atoms with van der Waals surface area (Å²) >= 11 is 0. The minimum absolute atomic E-state index is 0.0653. The molecule has 1 aromatic heterocycles. The molecular formula is C29H39N5O. The van der Waals surface area contributed by atoms with Crippen LogP contribution in [0.1, 0.15) is 52.0 Å². The lowest BCUT2D eigenvalue weighted by molar-refractivity contribution is 0.250. The average molecular weight is 474 g/mol. The zero-order valence-corrected chi connectivity index (χ0v) is 21.7. The van der Waals surface area contributed by atoms with E-state index in [1.807, 2.05) is 24.3 Å². The number of amides is 2. The van der Waals surface area contributed by atoms with Gasteiger partial charge in [-0.05, 0) is 54.7 Å². The highest BCUT2D eigenvalue weighted by molar-refractivity contribution is 5.93. The standard InChI is InChI=1S/C29H39N5O/c1-29(2,3)23-11-7-9-13-25(23)34(28(30)35)19-20-14-16-21(17-15-20)31-27-18-26(33(4)5)22-10-6-8-12-24(22)32-27/h6-13,18,20-21H,14-17,19H2,1-5H3,(H2,30,35)(H,31,32)/t20-,21+. The number of carbonyl (C=O) groups excluding carboxylic acids is 1. The maximum atomic E-state index is 12.5. The Hall–Kier alpha value is -3.28. The van der Waals surface area contributed by atoms with Crippen molar-refractivity contribution in [3.05, 3.63) is 60.2 Å². The van der Waals surface area contributed by atoms with Crippen LogP contribution in [0.5, 0.6) is 0 Å². The molecule has 0 aliphatic heterocycles. The summed E-state index contributed by atoms with van der Waals surface area (Å²) in [6, 6.07) is 18.6. The first-order valence-electron chi connectivity index (χ1n) is 12.6. The van der Waals surface area contributed by atoms with Crippen LogP contribution >= 0.6 is 0 Å². The van der Waals surface area contributed by atoms with Crippen molar-refractivity contribution >= 4 is 34.1 Å². The number of nitrogens with one attached hydrogen (secondary N) is 1. The fourth-order valence-electron chi connectivity index (χ4n) is 5.21. The maximum Gasteiger partial charge on any atom is 0.319 e. The van der Waals surface area contributed by atoms with Gasteiger partial charge in [0.05, 0.1) is 5.52 Å². The minimum Gasteiger partial charge on any atom is -0.377 e. The van der Waals surface area contributed by atoms with Crippen LogP contribution in [-0.2, 0) is 5.41 Å². The number of anilines is 3. The fraction of sp³-hybridized carbons (Fsp3) is 0.448. The van der Waals surface area contributed by atoms with Crippen LogP contribution in [0.2, 0.25) is 0 Å². The monoisotopic (exact) mass is 473 g/mol. The largest absolute Gasteiger partial charge is 0.377 e. The third-order valence-corrected chi connectivity index (χ3v) is 7.08. The van der Waals surface area contributed by atoms with Crippen molar-refractivity contribution in [2.24, 2.45) is 11.7 Å². The molecule has 0 saturated heterocycles. The van der Waals surface area contributed by atoms with E-state index in [0.717, 1.165) is 53.7 Å². The van der Waals surface area contributed by atoms with Crippen LogP contribution in [0.4, 0.5) is 22.0 Å². The van der Waals surface area contributed by atoms with E-state index >= 15 is 0 Å². The minimum atomic E-state index is -0.376. The van der Waals surface area contributed by atoms with E-state index < -0.39 is 0 Å². The quantitative estimate of drug-likeness (QED) is 0.450. The van der Waals surface area contributed by atoms with E-state index in [2.05, 4.69) is 75.4 Å². The van der Waals surface area contributed by atoms with Crippen molar-refractivity contribution < 1.29 is 4.79 Å². The SMILES string of the molecule is CN(C)c1cc(N[C@H]2CC[C@@H](CN(C(N)=O)c3ccccc3C(C)(C)C)CC2)nc2ccccc12. The molecule has 2 aromatic carbocycles. The molecule has 0 atom stereocenters. The number of carbonyl (C=O) groups is 1. The Morgan fingerprint density at radius 3 is 2.31 bits per heavy atom. The number of aromatic nitrogens is 1. The van der Waals surface area contributed by atoms with Crippen LogP contribution in [-0.4, -0.2) is 37.7 Å². The Kier molecular flexibility index (Phi) is 7.20. The normalized spacial score (nSPS) is 18.3. The van der Waals surface area contributed by atoms with Gasteiger partial charge in [0.15, 0.2) is 0 Å². The second-order valence-electron chi connectivity index (χ2n) is 11.0. The molecule has 1 aliphatic carbocycles. The first kappa shape index (κ1) is 24.8. The van der Waals surface area contributed by atoms with Crippen LogP contribution in [0, 0.1) is 5.92 Å². The van der Waals surface area contributed by atoms with Gasteiger partial charge in [0.25, 0.3) is 0 Å². The topological polar surface area (TPSA) is 74.5 Å². The Morgan fingerprint density at radius 2 is 1.66 bits per heavy atom. The molecule has 6 heteroatoms. The molecule has 3 aromatic rings. The molecule has 1 saturated carbocycles. The zero-order valence-electron chi connectivity index (χ0n) is 21.7. The highest BCUT2D eigenvalue weighted by atomic mass is 16.2. The summed E-state index contributed by atoms with van der Waals surface area (Å²) in [4.78, 5) is 21.3. The number of hydrogen-bond donors (Lipinski definition) is 2. The molecule has 1 heterocycles. The van der Waals surface area contributed by atoms with E-state index in [-0.39, 0.29) is 11.4 Å². The molecule has 1 aliphatic rings. The summed E-state index contributed by atoms with van der Waals surface area (Å²) in [5.41, 5.74) is 10.1. The molecule has 4 rings (SSSR count). The van der Waals surface area contributed by atoms with Crippen molar-refractivity contribution in [1.82, 2.24) is 4.98 Å². The van der Waals surface area contributed by atoms with E-state index in [4.69, 9.17) is 10.7 Å². The van der Waals surface area contributed by atoms with Gasteiger partial charge in [-0.15, -0.1) is 0 Å². The van der Waals surface area contributed by atoms with Gasteiger partial charge in [0, 0.05) is 49.5 Å². The molecule has 3 N–H and O–H groups in total. The number of hydrogen-bond acceptors (Lipinski definition) is 4. The van der Waals surface area contributed by atoms with Gasteiger partial charge in [-0.2, -0.15) is 0 Å². The molecule has 1 fully saturated rings. The predicted octanol–water partition coefficient (Wildman–Crippen LogP) is 6.15. The number of rotatable bonds is 6. The van der Waals surface area contributed by atoms with Gasteiger partial charge in [0.2, 0.25) is 0 Å². The number of nitrogens with zero attached hydrogens (tertiary/aromatic N) is 3. The maximum absolute atomic E-state index is 12.5. The molecular weight excluding hydrogens is 434 g/mol. The number of benzene rings is 2. The van der Waals surface area contributed by atoms with Crippen molar-refractivity contribution in [1.29, 1.82) is 0 Å². The second kappa shape index (κ2) is 10.1. The van der Waals surface area contributed by atoms with E-state index in [1.54, 1.807) is 4.90 Å². The van der Waals surface area contributed by atoms with E-state index in [9.17, 15) is 4.79 Å². The van der Waals surface area contributed by atoms with Crippen LogP contribution < -0.4 is 20.9 Å². The molecule has 186 valence electrons. The fourth-order valence-corrected chi connectivity index (χ4v) is 5.21. The Bertz CT molecular complexity index is 1180. The lowest BCUT2D eigenvalue weighted by Gasteiger charge is -2.35. The predicted molar refractivity (Wildman–Crippen MR) is 148 cm³/mol. The van der Waals surface area contributed by atoms with Crippen LogP contribution in [0.3, 0.4) is 0 Å². The molecule has 6 nitrogen and oxygen atoms in total. The zero-order chi connectivity index (χ0) is 25.2. The number of para-hydroxylation sites is 2. The first-order chi connectivity index (χ1) is 16.6. The molecule has 0 spiro atoms. The van der Waals surface area contributed by atoms with Gasteiger partial charge in [-0.25, -0.2) is 9.78 Å². The first-order valence-corrected chi connectivity index (χ1v) is 12.6. The summed E-state index contributed by atoms with van der Waals surface area (Å²) < 4.78 is 0. The highest BCUT2D eigenvalue weighted by Crippen LogP contribution is 2.35. The lowest BCUT2D eigenvalue weighted by atomic mass is 9.84. The number of fused-ring (bicyclic) bond motifs is 1. The van der Waals surface area contributed by atoms with Crippen molar-refractivity contribution in [3.8, 4) is 0 Å². The summed E-state index contributed by atoms with van der Waals surface area (Å²) in [7, 11) is 4.14. The van der Waals surface area contributed by atoms with Gasteiger partial charge < -0.3 is 16.0 Å². The number of urea groups is 1. The van der Waals surface area contributed by atoms with Crippen molar-refractivity contribution in [3.63, 3.8) is 0 Å². The molecule has 0 unspecified atom stereocenters. The third-order valence-electron chi connectivity index (χ3n) is 7.08. The molecule has 35 heavy (non-hydrogen) atoms. The Morgan fingerprint density at radius 1 is 1.00 bits per heavy atom. The summed E-state index contributed by atoms with van der Waals surface area (Å²) in [6.45, 7) is 7.17. The molecule has 0 bridgehead atoms. The van der Waals surface area contributed by atoms with Crippen LogP contribution in [0.25, 0.3) is 10.9 Å². The van der Waals surface area contributed by atoms with Crippen molar-refractivity contribution in [2.75, 3.05) is 35.8 Å². The average Bonchev–Trinajstić information content (AvgIpc) is 2.82.